The van der Waals surface area contributed by atoms with Gasteiger partial charge >= 0.3 is 5.97 Å². The van der Waals surface area contributed by atoms with Crippen LogP contribution in [0.4, 0.5) is 0 Å². The molecule has 0 aromatic rings. The first-order chi connectivity index (χ1) is 12.2. The van der Waals surface area contributed by atoms with Crippen molar-refractivity contribution in [3.05, 3.63) is 23.8 Å². The average molecular weight is 393 g/mol. The maximum atomic E-state index is 12.6. The van der Waals surface area contributed by atoms with Crippen molar-refractivity contribution in [2.75, 3.05) is 6.61 Å². The van der Waals surface area contributed by atoms with Gasteiger partial charge in [-0.1, -0.05) is 45.9 Å². The van der Waals surface area contributed by atoms with Crippen LogP contribution in [0.3, 0.4) is 0 Å². The van der Waals surface area contributed by atoms with Crippen LogP contribution in [0.5, 0.6) is 0 Å². The van der Waals surface area contributed by atoms with Gasteiger partial charge in [0.1, 0.15) is 6.10 Å². The average Bonchev–Trinajstić information content (AvgIpc) is 2.52. The Morgan fingerprint density at radius 1 is 1.15 bits per heavy atom. The van der Waals surface area contributed by atoms with Crippen molar-refractivity contribution in [2.24, 2.45) is 23.2 Å². The molecule has 0 fully saturated rings. The fraction of sp³-hybridized carbons (Fsp3) is 0.783. The van der Waals surface area contributed by atoms with E-state index in [0.29, 0.717) is 11.8 Å². The largest absolute Gasteiger partial charge is 0.461 e. The molecule has 0 bridgehead atoms. The minimum Gasteiger partial charge on any atom is -0.461 e. The molecule has 27 heavy (non-hydrogen) atoms. The van der Waals surface area contributed by atoms with E-state index in [2.05, 4.69) is 59.0 Å². The summed E-state index contributed by atoms with van der Waals surface area (Å²) in [6.45, 7) is 20.3. The monoisotopic (exact) mass is 392 g/mol. The fourth-order valence-corrected chi connectivity index (χ4v) is 4.66. The van der Waals surface area contributed by atoms with Crippen LogP contribution in [0.2, 0.25) is 18.1 Å². The smallest absolute Gasteiger partial charge is 0.311 e. The molecule has 0 amide bonds. The van der Waals surface area contributed by atoms with Crippen LogP contribution < -0.4 is 0 Å². The van der Waals surface area contributed by atoms with E-state index in [1.165, 1.54) is 5.57 Å². The molecule has 0 heterocycles. The minimum absolute atomic E-state index is 0.0799. The Hall–Kier alpha value is -0.873. The van der Waals surface area contributed by atoms with E-state index in [1.54, 1.807) is 0 Å². The number of hydrogen-bond acceptors (Lipinski definition) is 3. The molecule has 3 nitrogen and oxygen atoms in total. The zero-order chi connectivity index (χ0) is 20.6. The lowest BCUT2D eigenvalue weighted by Crippen LogP contribution is -2.46. The van der Waals surface area contributed by atoms with E-state index in [-0.39, 0.29) is 23.0 Å². The van der Waals surface area contributed by atoms with E-state index in [4.69, 9.17) is 9.16 Å². The van der Waals surface area contributed by atoms with Gasteiger partial charge in [0.05, 0.1) is 5.41 Å². The highest BCUT2D eigenvalue weighted by molar-refractivity contribution is 6.74. The molecule has 4 atom stereocenters. The Labute approximate surface area is 167 Å². The van der Waals surface area contributed by atoms with Gasteiger partial charge in [-0.15, -0.1) is 0 Å². The molecular weight excluding hydrogens is 352 g/mol. The van der Waals surface area contributed by atoms with E-state index in [1.807, 2.05) is 20.8 Å². The van der Waals surface area contributed by atoms with E-state index in [9.17, 15) is 4.79 Å². The highest BCUT2D eigenvalue weighted by Gasteiger charge is 2.44. The number of ether oxygens (including phenoxy) is 1. The van der Waals surface area contributed by atoms with Crippen molar-refractivity contribution in [3.8, 4) is 0 Å². The van der Waals surface area contributed by atoms with Crippen molar-refractivity contribution in [1.29, 1.82) is 0 Å². The highest BCUT2D eigenvalue weighted by atomic mass is 28.4. The number of fused-ring (bicyclic) bond motifs is 1. The summed E-state index contributed by atoms with van der Waals surface area (Å²) < 4.78 is 12.6. The van der Waals surface area contributed by atoms with Crippen molar-refractivity contribution in [2.45, 2.75) is 85.5 Å². The number of carbonyl (C=O) groups excluding carboxylic acids is 1. The van der Waals surface area contributed by atoms with Crippen LogP contribution in [0, 0.1) is 23.2 Å². The van der Waals surface area contributed by atoms with Gasteiger partial charge < -0.3 is 9.16 Å². The molecule has 0 radical (unpaired) electrons. The number of esters is 1. The second-order valence-electron chi connectivity index (χ2n) is 11.0. The fourth-order valence-electron chi connectivity index (χ4n) is 3.61. The zero-order valence-corrected chi connectivity index (χ0v) is 19.9. The Kier molecular flexibility index (Phi) is 6.53. The maximum Gasteiger partial charge on any atom is 0.311 e. The standard InChI is InChI=1S/C23H40O3Si/c1-16-13-14-17-11-10-12-19(26-21(24)22(2,3)4)20(17)18(16)15-25-27(8,9)23(5,6)7/h10-11,14,16,18-20H,12-13,15H2,1-9H3/t16-,18-,19-,20-/m0/s1. The normalized spacial score (nSPS) is 29.1. The predicted molar refractivity (Wildman–Crippen MR) is 115 cm³/mol. The quantitative estimate of drug-likeness (QED) is 0.427. The van der Waals surface area contributed by atoms with Gasteiger partial charge in [-0.05, 0) is 62.7 Å². The first-order valence-corrected chi connectivity index (χ1v) is 13.4. The number of hydrogen-bond donors (Lipinski definition) is 0. The molecular formula is C23H40O3Si. The lowest BCUT2D eigenvalue weighted by Gasteiger charge is -2.44. The lowest BCUT2D eigenvalue weighted by molar-refractivity contribution is -0.162. The molecule has 0 N–H and O–H groups in total. The SMILES string of the molecule is C[C@H]1CC=C2C=CC[C@H](OC(=O)C(C)(C)C)[C@@H]2[C@H]1CO[Si](C)(C)C(C)(C)C. The summed E-state index contributed by atoms with van der Waals surface area (Å²) in [4.78, 5) is 12.6. The third-order valence-electron chi connectivity index (χ3n) is 6.70. The molecule has 154 valence electrons. The Bertz CT molecular complexity index is 604. The predicted octanol–water partition coefficient (Wildman–Crippen LogP) is 6.12. The Morgan fingerprint density at radius 2 is 1.78 bits per heavy atom. The van der Waals surface area contributed by atoms with Gasteiger partial charge in [-0.3, -0.25) is 4.79 Å². The van der Waals surface area contributed by atoms with Crippen LogP contribution in [0.15, 0.2) is 23.8 Å². The van der Waals surface area contributed by atoms with E-state index < -0.39 is 13.7 Å². The molecule has 2 aliphatic carbocycles. The van der Waals surface area contributed by atoms with Crippen LogP contribution >= 0.6 is 0 Å². The summed E-state index contributed by atoms with van der Waals surface area (Å²) in [6, 6.07) is 0. The molecule has 2 rings (SSSR count). The van der Waals surface area contributed by atoms with Crippen molar-refractivity contribution < 1.29 is 14.0 Å². The lowest BCUT2D eigenvalue weighted by atomic mass is 9.68. The number of allylic oxidation sites excluding steroid dienone is 2. The van der Waals surface area contributed by atoms with Crippen LogP contribution in [-0.4, -0.2) is 27.0 Å². The summed E-state index contributed by atoms with van der Waals surface area (Å²) in [6.07, 6.45) is 8.52. The zero-order valence-electron chi connectivity index (χ0n) is 18.9. The molecule has 0 aliphatic heterocycles. The molecule has 0 saturated carbocycles. The number of rotatable bonds is 4. The topological polar surface area (TPSA) is 35.5 Å². The van der Waals surface area contributed by atoms with Crippen LogP contribution in [0.25, 0.3) is 0 Å². The van der Waals surface area contributed by atoms with Crippen LogP contribution in [-0.2, 0) is 14.0 Å². The molecule has 2 aliphatic rings. The maximum absolute atomic E-state index is 12.6. The van der Waals surface area contributed by atoms with Crippen molar-refractivity contribution in [1.82, 2.24) is 0 Å². The third-order valence-corrected chi connectivity index (χ3v) is 11.2. The molecule has 4 heteroatoms. The summed E-state index contributed by atoms with van der Waals surface area (Å²) in [7, 11) is -1.80. The van der Waals surface area contributed by atoms with Gasteiger partial charge in [0.2, 0.25) is 0 Å². The number of carbonyl (C=O) groups is 1. The van der Waals surface area contributed by atoms with E-state index in [0.717, 1.165) is 19.4 Å². The summed E-state index contributed by atoms with van der Waals surface area (Å²) in [5, 5.41) is 0.203. The summed E-state index contributed by atoms with van der Waals surface area (Å²) >= 11 is 0. The van der Waals surface area contributed by atoms with Gasteiger partial charge in [0.15, 0.2) is 8.32 Å². The Balaban J connectivity index is 2.22. The Morgan fingerprint density at radius 3 is 2.33 bits per heavy atom. The molecule has 0 spiro atoms. The minimum atomic E-state index is -1.80. The molecule has 0 saturated heterocycles. The van der Waals surface area contributed by atoms with Gasteiger partial charge in [0.25, 0.3) is 0 Å². The van der Waals surface area contributed by atoms with Crippen molar-refractivity contribution >= 4 is 14.3 Å². The van der Waals surface area contributed by atoms with Crippen molar-refractivity contribution in [3.63, 3.8) is 0 Å². The molecule has 0 aromatic heterocycles. The van der Waals surface area contributed by atoms with Gasteiger partial charge in [-0.2, -0.15) is 0 Å². The summed E-state index contributed by atoms with van der Waals surface area (Å²) in [5.41, 5.74) is 0.855. The molecule has 0 aromatic carbocycles. The second-order valence-corrected chi connectivity index (χ2v) is 15.8. The third kappa shape index (κ3) is 5.14. The second kappa shape index (κ2) is 7.86. The van der Waals surface area contributed by atoms with Crippen LogP contribution in [0.1, 0.15) is 61.3 Å². The highest BCUT2D eigenvalue weighted by Crippen LogP contribution is 2.44. The summed E-state index contributed by atoms with van der Waals surface area (Å²) in [5.74, 6) is 1.06. The first-order valence-electron chi connectivity index (χ1n) is 10.5. The molecule has 0 unspecified atom stereocenters. The first kappa shape index (κ1) is 22.4. The van der Waals surface area contributed by atoms with E-state index >= 15 is 0 Å². The van der Waals surface area contributed by atoms with Gasteiger partial charge in [0, 0.05) is 18.9 Å². The van der Waals surface area contributed by atoms with Gasteiger partial charge in [-0.25, -0.2) is 0 Å².